The van der Waals surface area contributed by atoms with Crippen LogP contribution in [0, 0.1) is 0 Å². The summed E-state index contributed by atoms with van der Waals surface area (Å²) < 4.78 is 13.0. The zero-order valence-electron chi connectivity index (χ0n) is 18.0. The van der Waals surface area contributed by atoms with E-state index in [-0.39, 0.29) is 12.2 Å². The van der Waals surface area contributed by atoms with Crippen LogP contribution in [0.2, 0.25) is 0 Å². The highest BCUT2D eigenvalue weighted by Gasteiger charge is 2.15. The highest BCUT2D eigenvalue weighted by Crippen LogP contribution is 2.32. The Labute approximate surface area is 182 Å². The zero-order chi connectivity index (χ0) is 21.4. The van der Waals surface area contributed by atoms with E-state index in [0.717, 1.165) is 28.1 Å². The van der Waals surface area contributed by atoms with Gasteiger partial charge in [0, 0.05) is 6.21 Å². The number of nitrogens with zero attached hydrogens (tertiary/aromatic N) is 3. The number of aromatic nitrogens is 2. The Hall–Kier alpha value is -3.60. The molecule has 0 aliphatic carbocycles. The molecule has 2 heterocycles. The molecule has 5 rings (SSSR count). The van der Waals surface area contributed by atoms with E-state index in [9.17, 15) is 0 Å². The van der Waals surface area contributed by atoms with Crippen LogP contribution in [-0.4, -0.2) is 22.6 Å². The van der Waals surface area contributed by atoms with Crippen molar-refractivity contribution in [3.63, 3.8) is 0 Å². The van der Waals surface area contributed by atoms with E-state index in [2.05, 4.69) is 55.7 Å². The predicted octanol–water partition coefficient (Wildman–Crippen LogP) is 5.86. The summed E-state index contributed by atoms with van der Waals surface area (Å²) in [6, 6.07) is 22.8. The SMILES string of the molecule is CC(C)(C)c1ccc(Cn2c(N=Cc3ccc4c(c3)OCO4)nc3ccccc32)cc1. The molecule has 0 fully saturated rings. The smallest absolute Gasteiger partial charge is 0.231 e. The van der Waals surface area contributed by atoms with Crippen LogP contribution < -0.4 is 9.47 Å². The first-order valence-corrected chi connectivity index (χ1v) is 10.5. The Morgan fingerprint density at radius 2 is 1.74 bits per heavy atom. The third-order valence-electron chi connectivity index (χ3n) is 5.52. The molecule has 0 saturated heterocycles. The minimum atomic E-state index is 0.139. The summed E-state index contributed by atoms with van der Waals surface area (Å²) in [6.45, 7) is 7.66. The number of rotatable bonds is 4. The van der Waals surface area contributed by atoms with E-state index in [1.165, 1.54) is 11.1 Å². The Morgan fingerprint density at radius 3 is 2.55 bits per heavy atom. The predicted molar refractivity (Wildman–Crippen MR) is 124 cm³/mol. The molecule has 0 atom stereocenters. The maximum Gasteiger partial charge on any atom is 0.231 e. The topological polar surface area (TPSA) is 48.6 Å². The molecule has 0 N–H and O–H groups in total. The van der Waals surface area contributed by atoms with Crippen LogP contribution in [0.5, 0.6) is 11.5 Å². The highest BCUT2D eigenvalue weighted by atomic mass is 16.7. The number of hydrogen-bond acceptors (Lipinski definition) is 4. The first-order valence-electron chi connectivity index (χ1n) is 10.5. The second kappa shape index (κ2) is 7.58. The summed E-state index contributed by atoms with van der Waals surface area (Å²) in [7, 11) is 0. The number of fused-ring (bicyclic) bond motifs is 2. The van der Waals surface area contributed by atoms with Crippen LogP contribution in [0.1, 0.15) is 37.5 Å². The fourth-order valence-corrected chi connectivity index (χ4v) is 3.74. The van der Waals surface area contributed by atoms with E-state index < -0.39 is 0 Å². The molecule has 156 valence electrons. The molecule has 0 radical (unpaired) electrons. The quantitative estimate of drug-likeness (QED) is 0.395. The fraction of sp³-hybridized carbons (Fsp3) is 0.231. The lowest BCUT2D eigenvalue weighted by atomic mass is 9.87. The van der Waals surface area contributed by atoms with Crippen LogP contribution in [0.4, 0.5) is 5.95 Å². The number of benzene rings is 3. The van der Waals surface area contributed by atoms with Gasteiger partial charge in [-0.1, -0.05) is 57.2 Å². The van der Waals surface area contributed by atoms with Crippen LogP contribution >= 0.6 is 0 Å². The van der Waals surface area contributed by atoms with Gasteiger partial charge < -0.3 is 14.0 Å². The van der Waals surface area contributed by atoms with Crippen molar-refractivity contribution < 1.29 is 9.47 Å². The summed E-state index contributed by atoms with van der Waals surface area (Å²) in [5.74, 6) is 2.19. The van der Waals surface area contributed by atoms with Gasteiger partial charge in [-0.3, -0.25) is 0 Å². The average Bonchev–Trinajstić information content (AvgIpc) is 3.36. The molecule has 1 aliphatic heterocycles. The number of imidazole rings is 1. The molecule has 1 aromatic heterocycles. The van der Waals surface area contributed by atoms with Gasteiger partial charge in [-0.15, -0.1) is 0 Å². The Bertz CT molecular complexity index is 1260. The van der Waals surface area contributed by atoms with Crippen molar-refractivity contribution in [1.29, 1.82) is 0 Å². The molecule has 5 heteroatoms. The van der Waals surface area contributed by atoms with Crippen molar-refractivity contribution in [3.05, 3.63) is 83.4 Å². The van der Waals surface area contributed by atoms with Gasteiger partial charge in [0.15, 0.2) is 11.5 Å². The lowest BCUT2D eigenvalue weighted by molar-refractivity contribution is 0.174. The molecule has 3 aromatic carbocycles. The van der Waals surface area contributed by atoms with E-state index in [1.54, 1.807) is 0 Å². The number of para-hydroxylation sites is 2. The van der Waals surface area contributed by atoms with Gasteiger partial charge >= 0.3 is 0 Å². The van der Waals surface area contributed by atoms with Crippen molar-refractivity contribution in [2.75, 3.05) is 6.79 Å². The van der Waals surface area contributed by atoms with Crippen molar-refractivity contribution in [3.8, 4) is 11.5 Å². The van der Waals surface area contributed by atoms with Gasteiger partial charge in [-0.25, -0.2) is 9.98 Å². The second-order valence-electron chi connectivity index (χ2n) is 8.80. The lowest BCUT2D eigenvalue weighted by Crippen LogP contribution is -2.11. The van der Waals surface area contributed by atoms with Gasteiger partial charge in [0.25, 0.3) is 0 Å². The zero-order valence-corrected chi connectivity index (χ0v) is 18.0. The molecule has 0 bridgehead atoms. The van der Waals surface area contributed by atoms with Gasteiger partial charge in [0.05, 0.1) is 17.6 Å². The molecule has 5 nitrogen and oxygen atoms in total. The van der Waals surface area contributed by atoms with Crippen LogP contribution in [0.25, 0.3) is 11.0 Å². The monoisotopic (exact) mass is 411 g/mol. The normalized spacial score (nSPS) is 13.4. The van der Waals surface area contributed by atoms with Crippen LogP contribution in [-0.2, 0) is 12.0 Å². The largest absolute Gasteiger partial charge is 0.454 e. The maximum absolute atomic E-state index is 5.47. The average molecular weight is 412 g/mol. The molecule has 1 aliphatic rings. The van der Waals surface area contributed by atoms with Crippen molar-refractivity contribution >= 4 is 23.2 Å². The van der Waals surface area contributed by atoms with E-state index >= 15 is 0 Å². The van der Waals surface area contributed by atoms with Crippen molar-refractivity contribution in [1.82, 2.24) is 9.55 Å². The summed E-state index contributed by atoms with van der Waals surface area (Å²) in [6.07, 6.45) is 1.82. The van der Waals surface area contributed by atoms with E-state index in [1.807, 2.05) is 42.6 Å². The van der Waals surface area contributed by atoms with Gasteiger partial charge in [0.1, 0.15) is 0 Å². The van der Waals surface area contributed by atoms with E-state index in [4.69, 9.17) is 19.5 Å². The molecular weight excluding hydrogens is 386 g/mol. The number of ether oxygens (including phenoxy) is 2. The molecule has 31 heavy (non-hydrogen) atoms. The minimum Gasteiger partial charge on any atom is -0.454 e. The first-order chi connectivity index (χ1) is 15.0. The van der Waals surface area contributed by atoms with Gasteiger partial charge in [-0.2, -0.15) is 0 Å². The Balaban J connectivity index is 1.48. The van der Waals surface area contributed by atoms with Crippen molar-refractivity contribution in [2.24, 2.45) is 4.99 Å². The summed E-state index contributed by atoms with van der Waals surface area (Å²) in [5.41, 5.74) is 5.63. The summed E-state index contributed by atoms with van der Waals surface area (Å²) in [4.78, 5) is 9.48. The van der Waals surface area contributed by atoms with Crippen molar-refractivity contribution in [2.45, 2.75) is 32.7 Å². The maximum atomic E-state index is 5.47. The molecule has 0 amide bonds. The highest BCUT2D eigenvalue weighted by molar-refractivity contribution is 5.84. The number of hydrogen-bond donors (Lipinski definition) is 0. The summed E-state index contributed by atoms with van der Waals surface area (Å²) >= 11 is 0. The molecule has 4 aromatic rings. The summed E-state index contributed by atoms with van der Waals surface area (Å²) in [5, 5.41) is 0. The van der Waals surface area contributed by atoms with Crippen LogP contribution in [0.3, 0.4) is 0 Å². The Morgan fingerprint density at radius 1 is 0.968 bits per heavy atom. The molecule has 0 unspecified atom stereocenters. The molecule has 0 saturated carbocycles. The standard InChI is InChI=1S/C26H25N3O2/c1-26(2,3)20-11-8-18(9-12-20)16-29-22-7-5-4-6-21(22)28-25(29)27-15-19-10-13-23-24(14-19)31-17-30-23/h4-15H,16-17H2,1-3H3. The van der Waals surface area contributed by atoms with E-state index in [0.29, 0.717) is 12.5 Å². The molecular formula is C26H25N3O2. The third kappa shape index (κ3) is 3.91. The van der Waals surface area contributed by atoms with Gasteiger partial charge in [-0.05, 0) is 52.4 Å². The Kier molecular flexibility index (Phi) is 4.74. The van der Waals surface area contributed by atoms with Gasteiger partial charge in [0.2, 0.25) is 12.7 Å². The first kappa shape index (κ1) is 19.4. The van der Waals surface area contributed by atoms with Crippen LogP contribution in [0.15, 0.2) is 71.7 Å². The second-order valence-corrected chi connectivity index (χ2v) is 8.80. The minimum absolute atomic E-state index is 0.139. The fourth-order valence-electron chi connectivity index (χ4n) is 3.74. The third-order valence-corrected chi connectivity index (χ3v) is 5.52. The molecule has 0 spiro atoms. The number of aliphatic imine (C=N–C) groups is 1. The lowest BCUT2D eigenvalue weighted by Gasteiger charge is -2.19.